The molecule has 2 aliphatic carbocycles. The van der Waals surface area contributed by atoms with Gasteiger partial charge in [0.05, 0.1) is 12.2 Å². The van der Waals surface area contributed by atoms with Gasteiger partial charge in [-0.3, -0.25) is 4.68 Å². The van der Waals surface area contributed by atoms with Crippen molar-refractivity contribution in [1.82, 2.24) is 19.7 Å². The van der Waals surface area contributed by atoms with E-state index in [0.29, 0.717) is 6.04 Å². The Balaban J connectivity index is 1.49. The maximum absolute atomic E-state index is 4.56. The van der Waals surface area contributed by atoms with Crippen LogP contribution in [0.5, 0.6) is 0 Å². The number of hydrogen-bond donors (Lipinski definition) is 0. The number of hydrogen-bond acceptors (Lipinski definition) is 4. The normalized spacial score (nSPS) is 23.6. The quantitative estimate of drug-likeness (QED) is 0.820. The zero-order valence-electron chi connectivity index (χ0n) is 14.0. The molecule has 0 aromatic carbocycles. The van der Waals surface area contributed by atoms with Crippen molar-refractivity contribution >= 4 is 5.95 Å². The number of rotatable bonds is 6. The van der Waals surface area contributed by atoms with E-state index in [0.717, 1.165) is 36.4 Å². The van der Waals surface area contributed by atoms with Crippen LogP contribution in [0.3, 0.4) is 0 Å². The lowest BCUT2D eigenvalue weighted by atomic mass is 9.93. The largest absolute Gasteiger partial charge is 0.336 e. The number of aryl methyl sites for hydroxylation is 1. The van der Waals surface area contributed by atoms with Gasteiger partial charge in [-0.15, -0.1) is 0 Å². The third-order valence-corrected chi connectivity index (χ3v) is 5.26. The van der Waals surface area contributed by atoms with Crippen LogP contribution in [0.2, 0.25) is 0 Å². The first-order valence-electron chi connectivity index (χ1n) is 8.75. The third kappa shape index (κ3) is 3.23. The molecule has 2 aromatic heterocycles. The fourth-order valence-corrected chi connectivity index (χ4v) is 3.23. The Kier molecular flexibility index (Phi) is 3.79. The van der Waals surface area contributed by atoms with E-state index in [9.17, 15) is 0 Å². The molecule has 2 aliphatic rings. The fraction of sp³-hybridized carbons (Fsp3) is 0.611. The Bertz CT molecular complexity index is 658. The van der Waals surface area contributed by atoms with Gasteiger partial charge in [0.25, 0.3) is 0 Å². The number of anilines is 1. The van der Waals surface area contributed by atoms with Crippen LogP contribution in [0.1, 0.15) is 49.8 Å². The lowest BCUT2D eigenvalue weighted by Crippen LogP contribution is -2.27. The number of nitrogens with zero attached hydrogens (tertiary/aromatic N) is 5. The smallest absolute Gasteiger partial charge is 0.225 e. The Labute approximate surface area is 137 Å². The summed E-state index contributed by atoms with van der Waals surface area (Å²) in [6.45, 7) is 6.24. The topological polar surface area (TPSA) is 46.8 Å². The SMILES string of the molecule is Cc1cnc(N(Cc2cnn(C3CCC3)c2)CC2CC2C)nc1. The van der Waals surface area contributed by atoms with Gasteiger partial charge >= 0.3 is 0 Å². The highest BCUT2D eigenvalue weighted by Gasteiger charge is 2.34. The van der Waals surface area contributed by atoms with Gasteiger partial charge in [0.1, 0.15) is 0 Å². The van der Waals surface area contributed by atoms with E-state index in [1.54, 1.807) is 0 Å². The van der Waals surface area contributed by atoms with Crippen molar-refractivity contribution < 1.29 is 0 Å². The molecule has 5 nitrogen and oxygen atoms in total. The van der Waals surface area contributed by atoms with E-state index in [1.807, 2.05) is 25.5 Å². The molecule has 0 spiro atoms. The van der Waals surface area contributed by atoms with Crippen molar-refractivity contribution in [3.05, 3.63) is 35.9 Å². The molecule has 2 fully saturated rings. The van der Waals surface area contributed by atoms with E-state index in [-0.39, 0.29) is 0 Å². The van der Waals surface area contributed by atoms with Crippen molar-refractivity contribution in [3.8, 4) is 0 Å². The van der Waals surface area contributed by atoms with Gasteiger partial charge in [-0.05, 0) is 50.0 Å². The van der Waals surface area contributed by atoms with Gasteiger partial charge in [-0.1, -0.05) is 6.92 Å². The van der Waals surface area contributed by atoms with Crippen molar-refractivity contribution in [2.45, 2.75) is 52.1 Å². The average molecular weight is 311 g/mol. The maximum Gasteiger partial charge on any atom is 0.225 e. The van der Waals surface area contributed by atoms with E-state index < -0.39 is 0 Å². The van der Waals surface area contributed by atoms with Crippen LogP contribution in [-0.4, -0.2) is 26.3 Å². The van der Waals surface area contributed by atoms with Crippen LogP contribution in [-0.2, 0) is 6.54 Å². The maximum atomic E-state index is 4.56. The first-order valence-corrected chi connectivity index (χ1v) is 8.75. The minimum Gasteiger partial charge on any atom is -0.336 e. The predicted molar refractivity (Wildman–Crippen MR) is 90.2 cm³/mol. The summed E-state index contributed by atoms with van der Waals surface area (Å²) < 4.78 is 2.15. The molecule has 2 saturated carbocycles. The average Bonchev–Trinajstić information content (AvgIpc) is 2.98. The first-order chi connectivity index (χ1) is 11.2. The summed E-state index contributed by atoms with van der Waals surface area (Å²) >= 11 is 0. The minimum atomic E-state index is 0.622. The molecule has 2 heterocycles. The van der Waals surface area contributed by atoms with Crippen molar-refractivity contribution in [3.63, 3.8) is 0 Å². The van der Waals surface area contributed by atoms with Crippen molar-refractivity contribution in [2.24, 2.45) is 11.8 Å². The molecule has 2 unspecified atom stereocenters. The molecule has 23 heavy (non-hydrogen) atoms. The molecule has 0 radical (unpaired) electrons. The minimum absolute atomic E-state index is 0.622. The van der Waals surface area contributed by atoms with Gasteiger partial charge < -0.3 is 4.90 Å². The third-order valence-electron chi connectivity index (χ3n) is 5.26. The molecule has 0 amide bonds. The molecule has 4 rings (SSSR count). The van der Waals surface area contributed by atoms with E-state index >= 15 is 0 Å². The Hall–Kier alpha value is -1.91. The van der Waals surface area contributed by atoms with Gasteiger partial charge in [-0.2, -0.15) is 5.10 Å². The second-order valence-corrected chi connectivity index (χ2v) is 7.33. The Morgan fingerprint density at radius 1 is 1.22 bits per heavy atom. The molecule has 5 heteroatoms. The highest BCUT2D eigenvalue weighted by molar-refractivity contribution is 5.32. The molecular formula is C18H25N5. The number of aromatic nitrogens is 4. The van der Waals surface area contributed by atoms with Gasteiger partial charge in [0.2, 0.25) is 5.95 Å². The molecule has 0 aliphatic heterocycles. The highest BCUT2D eigenvalue weighted by Crippen LogP contribution is 2.39. The Morgan fingerprint density at radius 3 is 2.57 bits per heavy atom. The zero-order chi connectivity index (χ0) is 15.8. The zero-order valence-corrected chi connectivity index (χ0v) is 14.0. The van der Waals surface area contributed by atoms with E-state index in [2.05, 4.69) is 37.8 Å². The highest BCUT2D eigenvalue weighted by atomic mass is 15.3. The molecular weight excluding hydrogens is 286 g/mol. The van der Waals surface area contributed by atoms with Crippen molar-refractivity contribution in [2.75, 3.05) is 11.4 Å². The van der Waals surface area contributed by atoms with Crippen LogP contribution >= 0.6 is 0 Å². The monoisotopic (exact) mass is 311 g/mol. The Morgan fingerprint density at radius 2 is 1.96 bits per heavy atom. The molecule has 0 bridgehead atoms. The predicted octanol–water partition coefficient (Wildman–Crippen LogP) is 3.37. The molecule has 0 saturated heterocycles. The van der Waals surface area contributed by atoms with Crippen LogP contribution in [0.15, 0.2) is 24.8 Å². The summed E-state index contributed by atoms with van der Waals surface area (Å²) in [4.78, 5) is 11.4. The lowest BCUT2D eigenvalue weighted by molar-refractivity contribution is 0.289. The van der Waals surface area contributed by atoms with Gasteiger partial charge in [0, 0.05) is 37.2 Å². The van der Waals surface area contributed by atoms with Gasteiger partial charge in [-0.25, -0.2) is 9.97 Å². The second-order valence-electron chi connectivity index (χ2n) is 7.33. The summed E-state index contributed by atoms with van der Waals surface area (Å²) in [5, 5.41) is 4.56. The van der Waals surface area contributed by atoms with Crippen LogP contribution in [0.25, 0.3) is 0 Å². The standard InChI is InChI=1S/C18H25N5/c1-13-7-19-18(20-8-13)22(12-16-6-14(16)2)10-15-9-21-23(11-15)17-4-3-5-17/h7-9,11,14,16-17H,3-6,10,12H2,1-2H3. The van der Waals surface area contributed by atoms with Crippen LogP contribution in [0, 0.1) is 18.8 Å². The van der Waals surface area contributed by atoms with Crippen LogP contribution < -0.4 is 4.90 Å². The molecule has 122 valence electrons. The summed E-state index contributed by atoms with van der Waals surface area (Å²) in [5.74, 6) is 2.45. The molecule has 2 aromatic rings. The summed E-state index contributed by atoms with van der Waals surface area (Å²) in [6, 6.07) is 0.622. The van der Waals surface area contributed by atoms with Gasteiger partial charge in [0.15, 0.2) is 0 Å². The van der Waals surface area contributed by atoms with Crippen LogP contribution in [0.4, 0.5) is 5.95 Å². The first kappa shape index (κ1) is 14.7. The van der Waals surface area contributed by atoms with E-state index in [4.69, 9.17) is 0 Å². The summed E-state index contributed by atoms with van der Waals surface area (Å²) in [7, 11) is 0. The van der Waals surface area contributed by atoms with E-state index in [1.165, 1.54) is 31.2 Å². The second kappa shape index (κ2) is 5.95. The fourth-order valence-electron chi connectivity index (χ4n) is 3.23. The summed E-state index contributed by atoms with van der Waals surface area (Å²) in [6.07, 6.45) is 13.2. The lowest BCUT2D eigenvalue weighted by Gasteiger charge is -2.25. The summed E-state index contributed by atoms with van der Waals surface area (Å²) in [5.41, 5.74) is 2.36. The molecule has 0 N–H and O–H groups in total. The van der Waals surface area contributed by atoms with Crippen molar-refractivity contribution in [1.29, 1.82) is 0 Å². The molecule has 2 atom stereocenters.